The SMILES string of the molecule is C#C[C@](C)(c1ccc(F)cc1)c1csc(NC(=O)c2c(F)ccc(N3CCNCC3)c2F)n1. The number of hydrogen-bond donors (Lipinski definition) is 2. The van der Waals surface area contributed by atoms with E-state index in [9.17, 15) is 13.6 Å². The average molecular weight is 471 g/mol. The second kappa shape index (κ2) is 9.25. The van der Waals surface area contributed by atoms with Crippen molar-refractivity contribution in [2.75, 3.05) is 36.4 Å². The highest BCUT2D eigenvalue weighted by atomic mass is 32.1. The fourth-order valence-corrected chi connectivity index (χ4v) is 4.52. The van der Waals surface area contributed by atoms with Crippen LogP contribution in [0.2, 0.25) is 0 Å². The number of nitrogens with one attached hydrogen (secondary N) is 2. The van der Waals surface area contributed by atoms with Crippen molar-refractivity contribution >= 4 is 28.1 Å². The van der Waals surface area contributed by atoms with Crippen LogP contribution in [0.1, 0.15) is 28.5 Å². The summed E-state index contributed by atoms with van der Waals surface area (Å²) in [6.07, 6.45) is 5.76. The first-order valence-electron chi connectivity index (χ1n) is 10.3. The summed E-state index contributed by atoms with van der Waals surface area (Å²) in [6.45, 7) is 4.18. The Morgan fingerprint density at radius 1 is 1.18 bits per heavy atom. The molecule has 1 fully saturated rings. The molecule has 1 saturated heterocycles. The first-order valence-corrected chi connectivity index (χ1v) is 11.2. The number of benzene rings is 2. The van der Waals surface area contributed by atoms with E-state index in [-0.39, 0.29) is 10.8 Å². The van der Waals surface area contributed by atoms with Gasteiger partial charge >= 0.3 is 0 Å². The summed E-state index contributed by atoms with van der Waals surface area (Å²) in [5.41, 5.74) is -0.366. The van der Waals surface area contributed by atoms with Gasteiger partial charge in [0.15, 0.2) is 10.9 Å². The zero-order valence-electron chi connectivity index (χ0n) is 17.8. The Bertz CT molecular complexity index is 1220. The molecule has 1 atom stereocenters. The standard InChI is InChI=1S/C24H21F3N4OS/c1-3-24(2,15-4-6-16(25)7-5-15)19-14-33-23(29-19)30-22(32)20-17(26)8-9-18(21(20)27)31-12-10-28-11-13-31/h1,4-9,14,28H,10-13H2,2H3,(H,29,30,32)/t24-/m1/s1. The summed E-state index contributed by atoms with van der Waals surface area (Å²) in [7, 11) is 0. The molecule has 0 aliphatic carbocycles. The molecule has 1 aliphatic heterocycles. The maximum absolute atomic E-state index is 15.1. The smallest absolute Gasteiger partial charge is 0.263 e. The Morgan fingerprint density at radius 3 is 2.55 bits per heavy atom. The fraction of sp³-hybridized carbons (Fsp3) is 0.250. The lowest BCUT2D eigenvalue weighted by Gasteiger charge is -2.30. The molecule has 1 aliphatic rings. The highest BCUT2D eigenvalue weighted by Crippen LogP contribution is 2.34. The van der Waals surface area contributed by atoms with E-state index >= 15 is 4.39 Å². The topological polar surface area (TPSA) is 57.3 Å². The van der Waals surface area contributed by atoms with E-state index in [2.05, 4.69) is 21.5 Å². The maximum atomic E-state index is 15.1. The Hall–Kier alpha value is -3.35. The summed E-state index contributed by atoms with van der Waals surface area (Å²) in [6, 6.07) is 8.17. The highest BCUT2D eigenvalue weighted by Gasteiger charge is 2.30. The number of thiazole rings is 1. The zero-order valence-corrected chi connectivity index (χ0v) is 18.6. The van der Waals surface area contributed by atoms with Gasteiger partial charge in [0.1, 0.15) is 17.2 Å². The number of anilines is 2. The predicted octanol–water partition coefficient (Wildman–Crippen LogP) is 4.16. The predicted molar refractivity (Wildman–Crippen MR) is 123 cm³/mol. The number of terminal acetylenes is 1. The molecule has 3 aromatic rings. The van der Waals surface area contributed by atoms with Crippen LogP contribution in [0.5, 0.6) is 0 Å². The molecule has 0 spiro atoms. The first-order chi connectivity index (χ1) is 15.8. The second-order valence-corrected chi connectivity index (χ2v) is 8.62. The minimum Gasteiger partial charge on any atom is -0.367 e. The van der Waals surface area contributed by atoms with Crippen LogP contribution in [0, 0.1) is 29.8 Å². The number of carbonyl (C=O) groups excluding carboxylic acids is 1. The molecule has 4 rings (SSSR count). The normalized spacial score (nSPS) is 15.5. The Kier molecular flexibility index (Phi) is 6.40. The van der Waals surface area contributed by atoms with Gasteiger partial charge < -0.3 is 10.2 Å². The van der Waals surface area contributed by atoms with Crippen molar-refractivity contribution in [2.24, 2.45) is 0 Å². The molecule has 2 N–H and O–H groups in total. The largest absolute Gasteiger partial charge is 0.367 e. The van der Waals surface area contributed by atoms with Crippen LogP contribution in [-0.2, 0) is 5.41 Å². The van der Waals surface area contributed by atoms with Gasteiger partial charge in [-0.25, -0.2) is 18.2 Å². The number of hydrogen-bond acceptors (Lipinski definition) is 5. The molecule has 0 radical (unpaired) electrons. The van der Waals surface area contributed by atoms with Gasteiger partial charge in [0.2, 0.25) is 0 Å². The molecule has 5 nitrogen and oxygen atoms in total. The number of amides is 1. The van der Waals surface area contributed by atoms with Crippen LogP contribution in [-0.4, -0.2) is 37.1 Å². The molecule has 0 unspecified atom stereocenters. The van der Waals surface area contributed by atoms with Crippen molar-refractivity contribution in [3.8, 4) is 12.3 Å². The van der Waals surface area contributed by atoms with Crippen molar-refractivity contribution in [2.45, 2.75) is 12.3 Å². The van der Waals surface area contributed by atoms with Crippen molar-refractivity contribution in [3.63, 3.8) is 0 Å². The minimum absolute atomic E-state index is 0.143. The van der Waals surface area contributed by atoms with Crippen LogP contribution >= 0.6 is 11.3 Å². The van der Waals surface area contributed by atoms with Gasteiger partial charge in [0.05, 0.1) is 16.8 Å². The Labute approximate surface area is 193 Å². The van der Waals surface area contributed by atoms with E-state index in [1.54, 1.807) is 29.3 Å². The molecule has 2 heterocycles. The number of piperazine rings is 1. The van der Waals surface area contributed by atoms with E-state index in [1.165, 1.54) is 18.2 Å². The van der Waals surface area contributed by atoms with Gasteiger partial charge in [0.25, 0.3) is 5.91 Å². The third-order valence-corrected chi connectivity index (χ3v) is 6.46. The number of nitrogens with zero attached hydrogens (tertiary/aromatic N) is 2. The summed E-state index contributed by atoms with van der Waals surface area (Å²) in [5.74, 6) is -0.530. The van der Waals surface area contributed by atoms with Crippen LogP contribution in [0.25, 0.3) is 0 Å². The van der Waals surface area contributed by atoms with Crippen molar-refractivity contribution in [1.82, 2.24) is 10.3 Å². The van der Waals surface area contributed by atoms with E-state index in [1.807, 2.05) is 0 Å². The Balaban J connectivity index is 1.59. The molecule has 0 bridgehead atoms. The quantitative estimate of drug-likeness (QED) is 0.550. The fourth-order valence-electron chi connectivity index (χ4n) is 3.71. The lowest BCUT2D eigenvalue weighted by atomic mass is 9.81. The van der Waals surface area contributed by atoms with E-state index in [0.717, 1.165) is 17.4 Å². The van der Waals surface area contributed by atoms with Gasteiger partial charge in [-0.2, -0.15) is 0 Å². The van der Waals surface area contributed by atoms with Gasteiger partial charge in [-0.1, -0.05) is 18.1 Å². The molecule has 2 aromatic carbocycles. The van der Waals surface area contributed by atoms with Crippen molar-refractivity contribution in [3.05, 3.63) is 76.1 Å². The van der Waals surface area contributed by atoms with Gasteiger partial charge in [-0.15, -0.1) is 17.8 Å². The first kappa shape index (κ1) is 22.8. The molecular weight excluding hydrogens is 449 g/mol. The number of rotatable bonds is 5. The van der Waals surface area contributed by atoms with Crippen LogP contribution < -0.4 is 15.5 Å². The second-order valence-electron chi connectivity index (χ2n) is 7.76. The summed E-state index contributed by atoms with van der Waals surface area (Å²) in [5, 5.41) is 7.44. The summed E-state index contributed by atoms with van der Waals surface area (Å²) < 4.78 is 42.9. The molecule has 33 heavy (non-hydrogen) atoms. The van der Waals surface area contributed by atoms with E-state index < -0.39 is 34.3 Å². The third kappa shape index (κ3) is 4.45. The van der Waals surface area contributed by atoms with Crippen molar-refractivity contribution < 1.29 is 18.0 Å². The van der Waals surface area contributed by atoms with Gasteiger partial charge in [-0.3, -0.25) is 10.1 Å². The van der Waals surface area contributed by atoms with Crippen molar-refractivity contribution in [1.29, 1.82) is 0 Å². The summed E-state index contributed by atoms with van der Waals surface area (Å²) in [4.78, 5) is 18.9. The monoisotopic (exact) mass is 470 g/mol. The average Bonchev–Trinajstić information content (AvgIpc) is 3.28. The van der Waals surface area contributed by atoms with Crippen LogP contribution in [0.4, 0.5) is 24.0 Å². The molecule has 170 valence electrons. The number of aromatic nitrogens is 1. The molecular formula is C24H21F3N4OS. The Morgan fingerprint density at radius 2 is 1.88 bits per heavy atom. The molecule has 0 saturated carbocycles. The zero-order chi connectivity index (χ0) is 23.6. The lowest BCUT2D eigenvalue weighted by Crippen LogP contribution is -2.44. The number of carbonyl (C=O) groups is 1. The highest BCUT2D eigenvalue weighted by molar-refractivity contribution is 7.14. The van der Waals surface area contributed by atoms with Crippen LogP contribution in [0.3, 0.4) is 0 Å². The van der Waals surface area contributed by atoms with E-state index in [0.29, 0.717) is 37.4 Å². The maximum Gasteiger partial charge on any atom is 0.263 e. The minimum atomic E-state index is -0.980. The molecule has 1 aromatic heterocycles. The van der Waals surface area contributed by atoms with Crippen LogP contribution in [0.15, 0.2) is 41.8 Å². The molecule has 9 heteroatoms. The third-order valence-electron chi connectivity index (χ3n) is 5.70. The van der Waals surface area contributed by atoms with Gasteiger partial charge in [-0.05, 0) is 36.8 Å². The molecule has 1 amide bonds. The van der Waals surface area contributed by atoms with E-state index in [4.69, 9.17) is 6.42 Å². The lowest BCUT2D eigenvalue weighted by molar-refractivity contribution is 0.101. The summed E-state index contributed by atoms with van der Waals surface area (Å²) >= 11 is 1.08. The van der Waals surface area contributed by atoms with Gasteiger partial charge in [0, 0.05) is 31.6 Å². The number of halogens is 3.